The highest BCUT2D eigenvalue weighted by atomic mass is 16.5. The van der Waals surface area contributed by atoms with Gasteiger partial charge in [0.2, 0.25) is 5.91 Å². The van der Waals surface area contributed by atoms with Crippen LogP contribution in [-0.4, -0.2) is 23.6 Å². The molecule has 1 aliphatic carbocycles. The summed E-state index contributed by atoms with van der Waals surface area (Å²) < 4.78 is 5.43. The second-order valence-corrected chi connectivity index (χ2v) is 4.98. The van der Waals surface area contributed by atoms with Gasteiger partial charge < -0.3 is 15.2 Å². The molecule has 0 atom stereocenters. The van der Waals surface area contributed by atoms with Crippen molar-refractivity contribution in [3.63, 3.8) is 0 Å². The minimum Gasteiger partial charge on any atom is -0.494 e. The minimum atomic E-state index is -0.810. The molecule has 20 heavy (non-hydrogen) atoms. The molecule has 0 unspecified atom stereocenters. The highest BCUT2D eigenvalue weighted by Crippen LogP contribution is 2.28. The fourth-order valence-corrected chi connectivity index (χ4v) is 1.80. The van der Waals surface area contributed by atoms with Gasteiger partial charge >= 0.3 is 5.97 Å². The zero-order valence-corrected chi connectivity index (χ0v) is 11.3. The van der Waals surface area contributed by atoms with Crippen LogP contribution in [0.3, 0.4) is 0 Å². The van der Waals surface area contributed by atoms with Gasteiger partial charge in [0.1, 0.15) is 5.75 Å². The largest absolute Gasteiger partial charge is 0.494 e. The molecule has 2 N–H and O–H groups in total. The van der Waals surface area contributed by atoms with E-state index in [9.17, 15) is 9.59 Å². The topological polar surface area (TPSA) is 75.6 Å². The van der Waals surface area contributed by atoms with Crippen LogP contribution in [0.2, 0.25) is 0 Å². The van der Waals surface area contributed by atoms with Crippen molar-refractivity contribution >= 4 is 11.9 Å². The molecule has 1 saturated carbocycles. The molecule has 2 rings (SSSR count). The van der Waals surface area contributed by atoms with Crippen molar-refractivity contribution in [3.8, 4) is 5.75 Å². The first kappa shape index (κ1) is 14.4. The molecule has 1 aromatic carbocycles. The zero-order chi connectivity index (χ0) is 14.4. The Morgan fingerprint density at radius 3 is 2.55 bits per heavy atom. The van der Waals surface area contributed by atoms with Crippen LogP contribution in [-0.2, 0) is 16.1 Å². The lowest BCUT2D eigenvalue weighted by Crippen LogP contribution is -2.24. The Hall–Kier alpha value is -2.04. The smallest absolute Gasteiger partial charge is 0.303 e. The first-order valence-corrected chi connectivity index (χ1v) is 6.86. The number of carbonyl (C=O) groups is 2. The third-order valence-corrected chi connectivity index (χ3v) is 3.14. The molecule has 0 aromatic heterocycles. The molecule has 0 radical (unpaired) electrons. The standard InChI is InChI=1S/C15H19NO4/c17-14(18)2-1-9-20-13-7-3-11(4-8-13)10-16-15(19)12-5-6-12/h3-4,7-8,12H,1-2,5-6,9-10H2,(H,16,19)(H,17,18). The lowest BCUT2D eigenvalue weighted by atomic mass is 10.2. The van der Waals surface area contributed by atoms with Crippen LogP contribution in [0.5, 0.6) is 5.75 Å². The summed E-state index contributed by atoms with van der Waals surface area (Å²) in [7, 11) is 0. The summed E-state index contributed by atoms with van der Waals surface area (Å²) in [5.74, 6) is 0.272. The van der Waals surface area contributed by atoms with Gasteiger partial charge in [0.15, 0.2) is 0 Å². The first-order valence-electron chi connectivity index (χ1n) is 6.86. The van der Waals surface area contributed by atoms with Crippen molar-refractivity contribution in [2.24, 2.45) is 5.92 Å². The number of ether oxygens (including phenoxy) is 1. The Morgan fingerprint density at radius 1 is 1.25 bits per heavy atom. The van der Waals surface area contributed by atoms with Gasteiger partial charge in [0.25, 0.3) is 0 Å². The van der Waals surface area contributed by atoms with Crippen LogP contribution < -0.4 is 10.1 Å². The van der Waals surface area contributed by atoms with Gasteiger partial charge in [0.05, 0.1) is 6.61 Å². The molecular weight excluding hydrogens is 258 g/mol. The lowest BCUT2D eigenvalue weighted by molar-refractivity contribution is -0.137. The quantitative estimate of drug-likeness (QED) is 0.712. The van der Waals surface area contributed by atoms with E-state index in [0.29, 0.717) is 25.3 Å². The van der Waals surface area contributed by atoms with E-state index < -0.39 is 5.97 Å². The average Bonchev–Trinajstić information content (AvgIpc) is 3.26. The number of nitrogens with one attached hydrogen (secondary N) is 1. The summed E-state index contributed by atoms with van der Waals surface area (Å²) in [5, 5.41) is 11.4. The maximum atomic E-state index is 11.5. The second-order valence-electron chi connectivity index (χ2n) is 4.98. The van der Waals surface area contributed by atoms with Crippen LogP contribution in [0.4, 0.5) is 0 Å². The molecule has 0 aliphatic heterocycles. The number of hydrogen-bond donors (Lipinski definition) is 2. The maximum Gasteiger partial charge on any atom is 0.303 e. The molecule has 5 nitrogen and oxygen atoms in total. The predicted octanol–water partition coefficient (Wildman–Crippen LogP) is 1.96. The summed E-state index contributed by atoms with van der Waals surface area (Å²) in [6.07, 6.45) is 2.63. The number of benzene rings is 1. The summed E-state index contributed by atoms with van der Waals surface area (Å²) in [5.41, 5.74) is 1.02. The fraction of sp³-hybridized carbons (Fsp3) is 0.467. The summed E-state index contributed by atoms with van der Waals surface area (Å²) in [6.45, 7) is 0.929. The zero-order valence-electron chi connectivity index (χ0n) is 11.3. The average molecular weight is 277 g/mol. The molecule has 108 valence electrons. The molecule has 0 heterocycles. The van der Waals surface area contributed by atoms with Gasteiger partial charge in [-0.2, -0.15) is 0 Å². The number of rotatable bonds is 8. The van der Waals surface area contributed by atoms with E-state index >= 15 is 0 Å². The van der Waals surface area contributed by atoms with Gasteiger partial charge in [-0.3, -0.25) is 9.59 Å². The Balaban J connectivity index is 1.68. The van der Waals surface area contributed by atoms with Gasteiger partial charge in [-0.1, -0.05) is 12.1 Å². The third-order valence-electron chi connectivity index (χ3n) is 3.14. The van der Waals surface area contributed by atoms with Crippen molar-refractivity contribution in [2.45, 2.75) is 32.2 Å². The van der Waals surface area contributed by atoms with Crippen LogP contribution >= 0.6 is 0 Å². The highest BCUT2D eigenvalue weighted by Gasteiger charge is 2.29. The molecule has 0 spiro atoms. The molecule has 1 fully saturated rings. The molecule has 0 saturated heterocycles. The number of carboxylic acid groups (broad SMARTS) is 1. The van der Waals surface area contributed by atoms with Crippen LogP contribution in [0.25, 0.3) is 0 Å². The molecular formula is C15H19NO4. The highest BCUT2D eigenvalue weighted by molar-refractivity contribution is 5.80. The molecule has 1 amide bonds. The van der Waals surface area contributed by atoms with Crippen LogP contribution in [0.1, 0.15) is 31.2 Å². The van der Waals surface area contributed by atoms with Crippen LogP contribution in [0.15, 0.2) is 24.3 Å². The number of amides is 1. The normalized spacial score (nSPS) is 13.8. The molecule has 1 aromatic rings. The summed E-state index contributed by atoms with van der Waals surface area (Å²) in [6, 6.07) is 7.47. The summed E-state index contributed by atoms with van der Waals surface area (Å²) >= 11 is 0. The van der Waals surface area contributed by atoms with Crippen molar-refractivity contribution in [1.82, 2.24) is 5.32 Å². The lowest BCUT2D eigenvalue weighted by Gasteiger charge is -2.07. The van der Waals surface area contributed by atoms with Gasteiger partial charge in [0, 0.05) is 18.9 Å². The van der Waals surface area contributed by atoms with Crippen molar-refractivity contribution in [2.75, 3.05) is 6.61 Å². The summed E-state index contributed by atoms with van der Waals surface area (Å²) in [4.78, 5) is 21.8. The van der Waals surface area contributed by atoms with E-state index in [1.807, 2.05) is 24.3 Å². The number of carbonyl (C=O) groups excluding carboxylic acids is 1. The molecule has 5 heteroatoms. The van der Waals surface area contributed by atoms with Gasteiger partial charge in [-0.25, -0.2) is 0 Å². The minimum absolute atomic E-state index is 0.116. The fourth-order valence-electron chi connectivity index (χ4n) is 1.80. The Labute approximate surface area is 117 Å². The van der Waals surface area contributed by atoms with E-state index in [4.69, 9.17) is 9.84 Å². The van der Waals surface area contributed by atoms with Crippen LogP contribution in [0, 0.1) is 5.92 Å². The number of carboxylic acids is 1. The van der Waals surface area contributed by atoms with E-state index in [0.717, 1.165) is 18.4 Å². The maximum absolute atomic E-state index is 11.5. The second kappa shape index (κ2) is 6.93. The number of hydrogen-bond acceptors (Lipinski definition) is 3. The van der Waals surface area contributed by atoms with E-state index in [1.54, 1.807) is 0 Å². The van der Waals surface area contributed by atoms with Crippen molar-refractivity contribution < 1.29 is 19.4 Å². The van der Waals surface area contributed by atoms with Gasteiger partial charge in [-0.15, -0.1) is 0 Å². The Bertz CT molecular complexity index is 465. The first-order chi connectivity index (χ1) is 9.65. The SMILES string of the molecule is O=C(O)CCCOc1ccc(CNC(=O)C2CC2)cc1. The number of aliphatic carboxylic acids is 1. The van der Waals surface area contributed by atoms with E-state index in [1.165, 1.54) is 0 Å². The van der Waals surface area contributed by atoms with Crippen molar-refractivity contribution in [1.29, 1.82) is 0 Å². The van der Waals surface area contributed by atoms with E-state index in [2.05, 4.69) is 5.32 Å². The van der Waals surface area contributed by atoms with Crippen molar-refractivity contribution in [3.05, 3.63) is 29.8 Å². The molecule has 0 bridgehead atoms. The van der Waals surface area contributed by atoms with Gasteiger partial charge in [-0.05, 0) is 37.0 Å². The Morgan fingerprint density at radius 2 is 1.95 bits per heavy atom. The monoisotopic (exact) mass is 277 g/mol. The predicted molar refractivity (Wildman–Crippen MR) is 73.4 cm³/mol. The third kappa shape index (κ3) is 4.91. The van der Waals surface area contributed by atoms with E-state index in [-0.39, 0.29) is 18.2 Å². The molecule has 1 aliphatic rings. The Kier molecular flexibility index (Phi) is 4.98.